The summed E-state index contributed by atoms with van der Waals surface area (Å²) in [6.07, 6.45) is 0.0338. The molecule has 0 bridgehead atoms. The van der Waals surface area contributed by atoms with Crippen molar-refractivity contribution in [3.8, 4) is 11.5 Å². The molecule has 3 rings (SSSR count). The predicted molar refractivity (Wildman–Crippen MR) is 78.0 cm³/mol. The Kier molecular flexibility index (Phi) is 4.05. The molecule has 8 heteroatoms. The molecule has 0 aliphatic carbocycles. The van der Waals surface area contributed by atoms with E-state index in [-0.39, 0.29) is 18.9 Å². The number of amides is 2. The van der Waals surface area contributed by atoms with Crippen LogP contribution in [-0.4, -0.2) is 44.1 Å². The van der Waals surface area contributed by atoms with E-state index in [0.717, 1.165) is 0 Å². The minimum Gasteiger partial charge on any atom is -0.486 e. The van der Waals surface area contributed by atoms with Crippen LogP contribution >= 0.6 is 0 Å². The van der Waals surface area contributed by atoms with Crippen molar-refractivity contribution in [2.75, 3.05) is 31.3 Å². The van der Waals surface area contributed by atoms with Crippen molar-refractivity contribution < 1.29 is 28.6 Å². The number of carbonyl (C=O) groups is 3. The van der Waals surface area contributed by atoms with Gasteiger partial charge in [-0.15, -0.1) is 0 Å². The largest absolute Gasteiger partial charge is 0.486 e. The number of fused-ring (bicyclic) bond motifs is 1. The van der Waals surface area contributed by atoms with Crippen molar-refractivity contribution in [2.45, 2.75) is 6.42 Å². The van der Waals surface area contributed by atoms with Gasteiger partial charge in [0.1, 0.15) is 13.2 Å². The Hall–Kier alpha value is -2.77. The molecule has 1 atom stereocenters. The minimum atomic E-state index is -0.730. The molecule has 8 nitrogen and oxygen atoms in total. The van der Waals surface area contributed by atoms with Gasteiger partial charge in [-0.05, 0) is 12.1 Å². The quantitative estimate of drug-likeness (QED) is 0.772. The SMILES string of the molecule is NC(=O)COC(=O)[C@@H]1CC(=O)N(c2ccc3c(c2)OCCO3)C1. The highest BCUT2D eigenvalue weighted by Gasteiger charge is 2.36. The fraction of sp³-hybridized carbons (Fsp3) is 0.400. The summed E-state index contributed by atoms with van der Waals surface area (Å²) < 4.78 is 15.7. The molecule has 2 aliphatic rings. The number of primary amides is 1. The van der Waals surface area contributed by atoms with Crippen molar-refractivity contribution in [3.05, 3.63) is 18.2 Å². The van der Waals surface area contributed by atoms with Crippen LogP contribution in [0.3, 0.4) is 0 Å². The zero-order chi connectivity index (χ0) is 16.4. The number of nitrogens with two attached hydrogens (primary N) is 1. The Labute approximate surface area is 132 Å². The number of anilines is 1. The van der Waals surface area contributed by atoms with E-state index in [4.69, 9.17) is 19.9 Å². The van der Waals surface area contributed by atoms with E-state index >= 15 is 0 Å². The van der Waals surface area contributed by atoms with Gasteiger partial charge in [-0.3, -0.25) is 14.4 Å². The van der Waals surface area contributed by atoms with Gasteiger partial charge in [0.05, 0.1) is 5.92 Å². The van der Waals surface area contributed by atoms with Crippen molar-refractivity contribution in [2.24, 2.45) is 11.7 Å². The lowest BCUT2D eigenvalue weighted by atomic mass is 10.1. The Bertz CT molecular complexity index is 659. The number of benzene rings is 1. The number of carbonyl (C=O) groups excluding carboxylic acids is 3. The van der Waals surface area contributed by atoms with Crippen molar-refractivity contribution >= 4 is 23.5 Å². The third kappa shape index (κ3) is 3.20. The van der Waals surface area contributed by atoms with Crippen molar-refractivity contribution in [1.82, 2.24) is 0 Å². The number of hydrogen-bond donors (Lipinski definition) is 1. The molecule has 122 valence electrons. The van der Waals surface area contributed by atoms with E-state index in [2.05, 4.69) is 0 Å². The summed E-state index contributed by atoms with van der Waals surface area (Å²) >= 11 is 0. The molecule has 1 aromatic carbocycles. The van der Waals surface area contributed by atoms with Gasteiger partial charge in [-0.25, -0.2) is 0 Å². The van der Waals surface area contributed by atoms with Crippen LogP contribution in [0, 0.1) is 5.92 Å². The number of rotatable bonds is 4. The first-order valence-corrected chi connectivity index (χ1v) is 7.19. The Morgan fingerprint density at radius 2 is 2.00 bits per heavy atom. The fourth-order valence-electron chi connectivity index (χ4n) is 2.58. The molecule has 0 radical (unpaired) electrons. The van der Waals surface area contributed by atoms with Gasteiger partial charge >= 0.3 is 5.97 Å². The molecule has 1 saturated heterocycles. The molecule has 23 heavy (non-hydrogen) atoms. The summed E-state index contributed by atoms with van der Waals surface area (Å²) in [6.45, 7) is 0.652. The van der Waals surface area contributed by atoms with E-state index in [9.17, 15) is 14.4 Å². The molecule has 2 heterocycles. The monoisotopic (exact) mass is 320 g/mol. The second-order valence-electron chi connectivity index (χ2n) is 5.31. The van der Waals surface area contributed by atoms with Crippen LogP contribution in [-0.2, 0) is 19.1 Å². The Morgan fingerprint density at radius 3 is 2.74 bits per heavy atom. The summed E-state index contributed by atoms with van der Waals surface area (Å²) in [6, 6.07) is 5.18. The molecule has 2 N–H and O–H groups in total. The first-order valence-electron chi connectivity index (χ1n) is 7.19. The number of hydrogen-bond acceptors (Lipinski definition) is 6. The highest BCUT2D eigenvalue weighted by Crippen LogP contribution is 2.36. The van der Waals surface area contributed by atoms with Gasteiger partial charge in [0.25, 0.3) is 5.91 Å². The number of ether oxygens (including phenoxy) is 3. The van der Waals surface area contributed by atoms with Gasteiger partial charge < -0.3 is 24.8 Å². The lowest BCUT2D eigenvalue weighted by Gasteiger charge is -2.22. The van der Waals surface area contributed by atoms with Crippen LogP contribution < -0.4 is 20.1 Å². The molecule has 0 saturated carbocycles. The van der Waals surface area contributed by atoms with E-state index in [1.54, 1.807) is 18.2 Å². The van der Waals surface area contributed by atoms with Gasteiger partial charge in [0.15, 0.2) is 18.1 Å². The summed E-state index contributed by atoms with van der Waals surface area (Å²) in [4.78, 5) is 36.1. The van der Waals surface area contributed by atoms with Crippen LogP contribution in [0.4, 0.5) is 5.69 Å². The van der Waals surface area contributed by atoms with E-state index in [1.165, 1.54) is 4.90 Å². The zero-order valence-corrected chi connectivity index (χ0v) is 12.3. The molecule has 1 aromatic rings. The molecule has 0 spiro atoms. The fourth-order valence-corrected chi connectivity index (χ4v) is 2.58. The zero-order valence-electron chi connectivity index (χ0n) is 12.3. The van der Waals surface area contributed by atoms with Gasteiger partial charge in [-0.1, -0.05) is 0 Å². The van der Waals surface area contributed by atoms with Crippen molar-refractivity contribution in [1.29, 1.82) is 0 Å². The van der Waals surface area contributed by atoms with Crippen LogP contribution in [0.1, 0.15) is 6.42 Å². The van der Waals surface area contributed by atoms with E-state index < -0.39 is 24.4 Å². The van der Waals surface area contributed by atoms with Crippen LogP contribution in [0.5, 0.6) is 11.5 Å². The van der Waals surface area contributed by atoms with Gasteiger partial charge in [0, 0.05) is 24.7 Å². The summed E-state index contributed by atoms with van der Waals surface area (Å²) in [5, 5.41) is 0. The topological polar surface area (TPSA) is 108 Å². The third-order valence-electron chi connectivity index (χ3n) is 3.65. The maximum atomic E-state index is 12.2. The Balaban J connectivity index is 1.70. The van der Waals surface area contributed by atoms with Gasteiger partial charge in [-0.2, -0.15) is 0 Å². The highest BCUT2D eigenvalue weighted by molar-refractivity contribution is 5.99. The Morgan fingerprint density at radius 1 is 1.26 bits per heavy atom. The third-order valence-corrected chi connectivity index (χ3v) is 3.65. The molecule has 2 aliphatic heterocycles. The van der Waals surface area contributed by atoms with Crippen molar-refractivity contribution in [3.63, 3.8) is 0 Å². The minimum absolute atomic E-state index is 0.0338. The molecule has 0 aromatic heterocycles. The highest BCUT2D eigenvalue weighted by atomic mass is 16.6. The van der Waals surface area contributed by atoms with Crippen LogP contribution in [0.15, 0.2) is 18.2 Å². The summed E-state index contributed by atoms with van der Waals surface area (Å²) in [5.41, 5.74) is 5.56. The molecular weight excluding hydrogens is 304 g/mol. The van der Waals surface area contributed by atoms with E-state index in [0.29, 0.717) is 30.4 Å². The predicted octanol–water partition coefficient (Wildman–Crippen LogP) is -0.161. The standard InChI is InChI=1S/C15H16N2O6/c16-13(18)8-23-15(20)9-5-14(19)17(7-9)10-1-2-11-12(6-10)22-4-3-21-11/h1-2,6,9H,3-5,7-8H2,(H2,16,18)/t9-/m1/s1. The average molecular weight is 320 g/mol. The normalized spacial score (nSPS) is 19.6. The van der Waals surface area contributed by atoms with Crippen LogP contribution in [0.2, 0.25) is 0 Å². The second-order valence-corrected chi connectivity index (χ2v) is 5.31. The number of esters is 1. The molecule has 0 unspecified atom stereocenters. The first-order chi connectivity index (χ1) is 11.0. The number of nitrogens with zero attached hydrogens (tertiary/aromatic N) is 1. The summed E-state index contributed by atoms with van der Waals surface area (Å²) in [5.74, 6) is -0.938. The smallest absolute Gasteiger partial charge is 0.311 e. The molecule has 1 fully saturated rings. The average Bonchev–Trinajstić information content (AvgIpc) is 2.94. The second kappa shape index (κ2) is 6.15. The lowest BCUT2D eigenvalue weighted by molar-refractivity contribution is -0.151. The van der Waals surface area contributed by atoms with Crippen LogP contribution in [0.25, 0.3) is 0 Å². The maximum absolute atomic E-state index is 12.2. The van der Waals surface area contributed by atoms with E-state index in [1.807, 2.05) is 0 Å². The maximum Gasteiger partial charge on any atom is 0.311 e. The molecular formula is C15H16N2O6. The molecule has 2 amide bonds. The first kappa shape index (κ1) is 15.1. The lowest BCUT2D eigenvalue weighted by Crippen LogP contribution is -2.28. The van der Waals surface area contributed by atoms with Gasteiger partial charge in [0.2, 0.25) is 5.91 Å². The summed E-state index contributed by atoms with van der Waals surface area (Å²) in [7, 11) is 0.